The minimum Gasteiger partial charge on any atom is -0.481 e. The fourth-order valence-corrected chi connectivity index (χ4v) is 5.14. The van der Waals surface area contributed by atoms with Gasteiger partial charge in [-0.25, -0.2) is 9.18 Å². The first kappa shape index (κ1) is 22.0. The number of benzene rings is 2. The van der Waals surface area contributed by atoms with Gasteiger partial charge in [0.15, 0.2) is 17.1 Å². The number of carbonyl (C=O) groups excluding carboxylic acids is 1. The summed E-state index contributed by atoms with van der Waals surface area (Å²) in [5.41, 5.74) is 1.53. The maximum absolute atomic E-state index is 13.3. The Morgan fingerprint density at radius 3 is 2.57 bits per heavy atom. The molecule has 1 atom stereocenters. The summed E-state index contributed by atoms with van der Waals surface area (Å²) in [6.07, 6.45) is 3.36. The number of allylic oxidation sites excluding steroid dienone is 1. The van der Waals surface area contributed by atoms with Gasteiger partial charge in [-0.2, -0.15) is 0 Å². The molecule has 2 aromatic rings. The van der Waals surface area contributed by atoms with E-state index in [0.29, 0.717) is 11.3 Å². The van der Waals surface area contributed by atoms with Crippen molar-refractivity contribution in [1.29, 1.82) is 0 Å². The zero-order valence-corrected chi connectivity index (χ0v) is 18.6. The predicted molar refractivity (Wildman–Crippen MR) is 119 cm³/mol. The molecule has 0 aromatic heterocycles. The molecule has 1 aliphatic rings. The Morgan fingerprint density at radius 1 is 1.20 bits per heavy atom. The molecule has 0 aliphatic carbocycles. The van der Waals surface area contributed by atoms with E-state index in [4.69, 9.17) is 9.47 Å². The summed E-state index contributed by atoms with van der Waals surface area (Å²) < 4.78 is 24.5. The van der Waals surface area contributed by atoms with E-state index in [1.54, 1.807) is 26.0 Å². The molecule has 1 heterocycles. The number of esters is 1. The van der Waals surface area contributed by atoms with E-state index in [1.165, 1.54) is 17.0 Å². The first-order valence-electron chi connectivity index (χ1n) is 9.84. The number of halogens is 1. The summed E-state index contributed by atoms with van der Waals surface area (Å²) >= 11 is 0. The van der Waals surface area contributed by atoms with Crippen LogP contribution >= 0.6 is 0 Å². The molecular weight excluding hydrogens is 399 g/mol. The zero-order chi connectivity index (χ0) is 21.7. The van der Waals surface area contributed by atoms with Crippen LogP contribution in [0, 0.1) is 31.5 Å². The van der Waals surface area contributed by atoms with Crippen molar-refractivity contribution in [3.63, 3.8) is 0 Å². The maximum Gasteiger partial charge on any atom is 0.345 e. The lowest BCUT2D eigenvalue weighted by molar-refractivity contribution is -0.154. The molecule has 5 heteroatoms. The Hall–Kier alpha value is -2.71. The van der Waals surface area contributed by atoms with Crippen molar-refractivity contribution < 1.29 is 18.7 Å². The Bertz CT molecular complexity index is 1010. The van der Waals surface area contributed by atoms with Crippen LogP contribution in [-0.4, -0.2) is 23.9 Å². The summed E-state index contributed by atoms with van der Waals surface area (Å²) in [4.78, 5) is 13.6. The van der Waals surface area contributed by atoms with Crippen LogP contribution in [0.4, 0.5) is 4.39 Å². The second-order valence-corrected chi connectivity index (χ2v) is 9.72. The van der Waals surface area contributed by atoms with Gasteiger partial charge in [-0.1, -0.05) is 17.9 Å². The molecule has 0 radical (unpaired) electrons. The summed E-state index contributed by atoms with van der Waals surface area (Å²) in [5.74, 6) is 6.74. The Kier molecular flexibility index (Phi) is 6.89. The van der Waals surface area contributed by atoms with Crippen molar-refractivity contribution in [2.24, 2.45) is 0 Å². The minimum absolute atomic E-state index is 0.168. The quantitative estimate of drug-likeness (QED) is 0.380. The first-order chi connectivity index (χ1) is 14.2. The van der Waals surface area contributed by atoms with Gasteiger partial charge in [0.2, 0.25) is 0 Å². The van der Waals surface area contributed by atoms with Gasteiger partial charge in [0.05, 0.1) is 10.9 Å². The largest absolute Gasteiger partial charge is 0.481 e. The maximum atomic E-state index is 13.3. The topological polar surface area (TPSA) is 35.5 Å². The molecule has 30 heavy (non-hydrogen) atoms. The third kappa shape index (κ3) is 5.90. The highest BCUT2D eigenvalue weighted by molar-refractivity contribution is 7.99. The molecule has 0 saturated carbocycles. The van der Waals surface area contributed by atoms with Crippen LogP contribution in [0.1, 0.15) is 37.0 Å². The lowest BCUT2D eigenvalue weighted by Gasteiger charge is -2.19. The molecule has 0 saturated heterocycles. The Labute approximate surface area is 180 Å². The molecule has 0 N–H and O–H groups in total. The van der Waals surface area contributed by atoms with Crippen molar-refractivity contribution in [1.82, 2.24) is 0 Å². The summed E-state index contributed by atoms with van der Waals surface area (Å²) in [6, 6.07) is 10.3. The monoisotopic (exact) mass is 425 g/mol. The number of hydrogen-bond donors (Lipinski definition) is 0. The van der Waals surface area contributed by atoms with E-state index in [9.17, 15) is 9.18 Å². The van der Waals surface area contributed by atoms with E-state index in [1.807, 2.05) is 13.8 Å². The van der Waals surface area contributed by atoms with E-state index in [0.717, 1.165) is 23.3 Å². The molecular formula is C25H26FO3S+. The molecule has 0 bridgehead atoms. The van der Waals surface area contributed by atoms with Crippen LogP contribution in [-0.2, 0) is 20.4 Å². The highest BCUT2D eigenvalue weighted by Crippen LogP contribution is 2.30. The molecule has 1 aliphatic heterocycles. The zero-order valence-electron chi connectivity index (χ0n) is 17.8. The van der Waals surface area contributed by atoms with E-state index in [-0.39, 0.29) is 23.3 Å². The summed E-state index contributed by atoms with van der Waals surface area (Å²) in [7, 11) is 0.168. The van der Waals surface area contributed by atoms with Crippen LogP contribution in [0.15, 0.2) is 52.8 Å². The van der Waals surface area contributed by atoms with Gasteiger partial charge in [-0.05, 0) is 63.1 Å². The second-order valence-electron chi connectivity index (χ2n) is 7.71. The number of ether oxygens (including phenoxy) is 2. The Balaban J connectivity index is 1.61. The highest BCUT2D eigenvalue weighted by Gasteiger charge is 2.25. The lowest BCUT2D eigenvalue weighted by atomic mass is 10.1. The third-order valence-corrected chi connectivity index (χ3v) is 6.58. The average molecular weight is 426 g/mol. The van der Waals surface area contributed by atoms with Gasteiger partial charge in [0, 0.05) is 24.1 Å². The van der Waals surface area contributed by atoms with E-state index < -0.39 is 11.6 Å². The number of hydrogen-bond acceptors (Lipinski definition) is 3. The second kappa shape index (κ2) is 9.40. The normalized spacial score (nSPS) is 15.4. The molecule has 156 valence electrons. The molecule has 1 unspecified atom stereocenters. The van der Waals surface area contributed by atoms with Crippen molar-refractivity contribution in [2.75, 3.05) is 12.4 Å². The molecule has 2 aromatic carbocycles. The summed E-state index contributed by atoms with van der Waals surface area (Å²) in [6.45, 7) is 7.18. The van der Waals surface area contributed by atoms with Crippen LogP contribution in [0.25, 0.3) is 0 Å². The van der Waals surface area contributed by atoms with Crippen LogP contribution in [0.5, 0.6) is 5.75 Å². The Morgan fingerprint density at radius 2 is 1.93 bits per heavy atom. The lowest BCUT2D eigenvalue weighted by Crippen LogP contribution is -2.29. The van der Waals surface area contributed by atoms with Crippen LogP contribution in [0.2, 0.25) is 0 Å². The highest BCUT2D eigenvalue weighted by atomic mass is 32.2. The van der Waals surface area contributed by atoms with Gasteiger partial charge >= 0.3 is 5.97 Å². The van der Waals surface area contributed by atoms with Crippen LogP contribution < -0.4 is 4.74 Å². The minimum atomic E-state index is -1.02. The van der Waals surface area contributed by atoms with Crippen molar-refractivity contribution in [2.45, 2.75) is 44.6 Å². The average Bonchev–Trinajstić information content (AvgIpc) is 3.20. The van der Waals surface area contributed by atoms with Gasteiger partial charge in [0.1, 0.15) is 22.7 Å². The predicted octanol–water partition coefficient (Wildman–Crippen LogP) is 5.09. The molecule has 0 amide bonds. The van der Waals surface area contributed by atoms with E-state index >= 15 is 0 Å². The van der Waals surface area contributed by atoms with E-state index in [2.05, 4.69) is 35.5 Å². The molecule has 0 spiro atoms. The van der Waals surface area contributed by atoms with Gasteiger partial charge in [0.25, 0.3) is 0 Å². The summed E-state index contributed by atoms with van der Waals surface area (Å²) in [5, 5.41) is 2.28. The number of rotatable bonds is 5. The fraction of sp³-hybridized carbons (Fsp3) is 0.320. The van der Waals surface area contributed by atoms with Gasteiger partial charge in [-0.15, -0.1) is 0 Å². The number of carbonyl (C=O) groups is 1. The van der Waals surface area contributed by atoms with Gasteiger partial charge < -0.3 is 9.47 Å². The third-order valence-electron chi connectivity index (χ3n) is 4.54. The van der Waals surface area contributed by atoms with Crippen molar-refractivity contribution >= 4 is 16.9 Å². The fourth-order valence-electron chi connectivity index (χ4n) is 3.19. The molecule has 3 nitrogen and oxygen atoms in total. The SMILES string of the molecule is Cc1cc([S+]2C=CCC2)cc(C)c1OCC(=O)OC(C)(C)C#Cc1cccc(F)c1. The van der Waals surface area contributed by atoms with Gasteiger partial charge in [-0.3, -0.25) is 0 Å². The van der Waals surface area contributed by atoms with Crippen LogP contribution in [0.3, 0.4) is 0 Å². The van der Waals surface area contributed by atoms with Crippen molar-refractivity contribution in [3.05, 3.63) is 70.4 Å². The first-order valence-corrected chi connectivity index (χ1v) is 11.3. The standard InChI is InChI=1S/C25H26FO3S/c1-18-14-22(30-12-5-6-13-30)15-19(2)24(18)28-17-23(27)29-25(3,4)11-10-20-8-7-9-21(26)16-20/h5,7-9,12,14-16H,6,13,17H2,1-4H3/q+1. The smallest absolute Gasteiger partial charge is 0.345 e. The number of aryl methyl sites for hydroxylation is 2. The van der Waals surface area contributed by atoms with Crippen molar-refractivity contribution in [3.8, 4) is 17.6 Å². The molecule has 3 rings (SSSR count). The molecule has 0 fully saturated rings.